The number of benzene rings is 2. The summed E-state index contributed by atoms with van der Waals surface area (Å²) in [5.74, 6) is -0.180. The zero-order valence-electron chi connectivity index (χ0n) is 13.2. The fourth-order valence-corrected chi connectivity index (χ4v) is 3.78. The molecule has 0 aliphatic carbocycles. The maximum atomic E-state index is 12.3. The van der Waals surface area contributed by atoms with Crippen LogP contribution in [0.2, 0.25) is 0 Å². The monoisotopic (exact) mass is 424 g/mol. The Labute approximate surface area is 154 Å². The molecule has 0 radical (unpaired) electrons. The van der Waals surface area contributed by atoms with E-state index in [1.54, 1.807) is 36.4 Å². The zero-order chi connectivity index (χ0) is 17.9. The van der Waals surface area contributed by atoms with Gasteiger partial charge in [0.05, 0.1) is 4.90 Å². The number of ether oxygens (including phenoxy) is 1. The number of amides is 1. The molecule has 0 unspecified atom stereocenters. The van der Waals surface area contributed by atoms with E-state index in [1.807, 2.05) is 0 Å². The van der Waals surface area contributed by atoms with Gasteiger partial charge in [0, 0.05) is 22.5 Å². The van der Waals surface area contributed by atoms with Gasteiger partial charge in [0.25, 0.3) is 15.9 Å². The topological polar surface area (TPSA) is 84.5 Å². The first-order valence-corrected chi connectivity index (χ1v) is 10.0. The highest BCUT2D eigenvalue weighted by molar-refractivity contribution is 9.10. The second kappa shape index (κ2) is 7.55. The molecule has 0 bridgehead atoms. The van der Waals surface area contributed by atoms with Crippen LogP contribution in [0.25, 0.3) is 0 Å². The van der Waals surface area contributed by atoms with Gasteiger partial charge in [0.2, 0.25) is 0 Å². The first-order valence-electron chi connectivity index (χ1n) is 7.75. The fraction of sp³-hybridized carbons (Fsp3) is 0.235. The van der Waals surface area contributed by atoms with Crippen molar-refractivity contribution < 1.29 is 17.9 Å². The van der Waals surface area contributed by atoms with Crippen molar-refractivity contribution in [1.82, 2.24) is 0 Å². The van der Waals surface area contributed by atoms with Crippen LogP contribution in [0.5, 0.6) is 0 Å². The van der Waals surface area contributed by atoms with Crippen molar-refractivity contribution in [2.75, 3.05) is 16.6 Å². The summed E-state index contributed by atoms with van der Waals surface area (Å²) in [6.45, 7) is 0.606. The summed E-state index contributed by atoms with van der Waals surface area (Å²) in [5, 5.41) is 2.77. The highest BCUT2D eigenvalue weighted by Crippen LogP contribution is 2.21. The van der Waals surface area contributed by atoms with E-state index in [0.29, 0.717) is 18.0 Å². The lowest BCUT2D eigenvalue weighted by atomic mass is 10.2. The Bertz CT molecular complexity index is 845. The van der Waals surface area contributed by atoms with Crippen molar-refractivity contribution in [2.45, 2.75) is 23.8 Å². The number of hydrogen-bond acceptors (Lipinski definition) is 4. The van der Waals surface area contributed by atoms with Crippen LogP contribution in [0, 0.1) is 0 Å². The predicted molar refractivity (Wildman–Crippen MR) is 99.0 cm³/mol. The van der Waals surface area contributed by atoms with E-state index >= 15 is 0 Å². The Morgan fingerprint density at radius 2 is 1.68 bits per heavy atom. The number of sulfonamides is 1. The van der Waals surface area contributed by atoms with Crippen molar-refractivity contribution in [1.29, 1.82) is 0 Å². The van der Waals surface area contributed by atoms with Crippen LogP contribution in [-0.4, -0.2) is 27.0 Å². The molecule has 1 amide bonds. The Balaban J connectivity index is 1.65. The van der Waals surface area contributed by atoms with E-state index in [2.05, 4.69) is 26.0 Å². The third-order valence-electron chi connectivity index (χ3n) is 3.75. The standard InChI is InChI=1S/C17H17BrN2O4S/c18-12-3-9-15(10-4-12)25(22,23)20-14-7-5-13(6-8-14)19-17(21)16-2-1-11-24-16/h3-10,16,20H,1-2,11H2,(H,19,21)/t16-/m1/s1. The minimum Gasteiger partial charge on any atom is -0.368 e. The molecule has 2 aromatic rings. The van der Waals surface area contributed by atoms with Gasteiger partial charge in [0.15, 0.2) is 0 Å². The molecule has 1 aliphatic rings. The van der Waals surface area contributed by atoms with Crippen LogP contribution < -0.4 is 10.0 Å². The molecule has 1 heterocycles. The molecular formula is C17H17BrN2O4S. The summed E-state index contributed by atoms with van der Waals surface area (Å²) in [4.78, 5) is 12.2. The molecule has 132 valence electrons. The van der Waals surface area contributed by atoms with Gasteiger partial charge < -0.3 is 10.1 Å². The van der Waals surface area contributed by atoms with Crippen molar-refractivity contribution in [3.8, 4) is 0 Å². The van der Waals surface area contributed by atoms with Crippen molar-refractivity contribution in [3.05, 3.63) is 53.0 Å². The number of halogens is 1. The number of nitrogens with one attached hydrogen (secondary N) is 2. The normalized spacial score (nSPS) is 17.2. The van der Waals surface area contributed by atoms with E-state index < -0.39 is 16.1 Å². The summed E-state index contributed by atoms with van der Waals surface area (Å²) in [7, 11) is -3.66. The molecule has 1 aliphatic heterocycles. The molecule has 1 saturated heterocycles. The van der Waals surface area contributed by atoms with Gasteiger partial charge >= 0.3 is 0 Å². The molecule has 0 saturated carbocycles. The summed E-state index contributed by atoms with van der Waals surface area (Å²) < 4.78 is 33.3. The van der Waals surface area contributed by atoms with Crippen LogP contribution in [0.3, 0.4) is 0 Å². The molecule has 3 rings (SSSR count). The van der Waals surface area contributed by atoms with E-state index in [0.717, 1.165) is 17.3 Å². The second-order valence-corrected chi connectivity index (χ2v) is 8.23. The molecule has 6 nitrogen and oxygen atoms in total. The Morgan fingerprint density at radius 3 is 2.28 bits per heavy atom. The van der Waals surface area contributed by atoms with E-state index in [-0.39, 0.29) is 10.8 Å². The number of hydrogen-bond donors (Lipinski definition) is 2. The highest BCUT2D eigenvalue weighted by Gasteiger charge is 2.23. The number of carbonyl (C=O) groups is 1. The van der Waals surface area contributed by atoms with Gasteiger partial charge in [-0.25, -0.2) is 8.42 Å². The Kier molecular flexibility index (Phi) is 5.41. The fourth-order valence-electron chi connectivity index (χ4n) is 2.46. The van der Waals surface area contributed by atoms with E-state index in [1.165, 1.54) is 12.1 Å². The lowest BCUT2D eigenvalue weighted by Gasteiger charge is -2.12. The summed E-state index contributed by atoms with van der Waals surface area (Å²) in [6, 6.07) is 12.9. The molecule has 0 aromatic heterocycles. The minimum atomic E-state index is -3.66. The Hall–Kier alpha value is -1.90. The Morgan fingerprint density at radius 1 is 1.04 bits per heavy atom. The van der Waals surface area contributed by atoms with Crippen LogP contribution in [0.4, 0.5) is 11.4 Å². The van der Waals surface area contributed by atoms with Gasteiger partial charge in [-0.05, 0) is 61.4 Å². The van der Waals surface area contributed by atoms with Gasteiger partial charge in [0.1, 0.15) is 6.10 Å². The van der Waals surface area contributed by atoms with E-state index in [4.69, 9.17) is 4.74 Å². The molecule has 2 N–H and O–H groups in total. The minimum absolute atomic E-state index is 0.173. The van der Waals surface area contributed by atoms with Gasteiger partial charge in [-0.1, -0.05) is 15.9 Å². The first kappa shape index (κ1) is 17.9. The van der Waals surface area contributed by atoms with Crippen LogP contribution in [0.1, 0.15) is 12.8 Å². The third-order valence-corrected chi connectivity index (χ3v) is 5.68. The van der Waals surface area contributed by atoms with E-state index in [9.17, 15) is 13.2 Å². The summed E-state index contributed by atoms with van der Waals surface area (Å²) in [6.07, 6.45) is 1.20. The SMILES string of the molecule is O=C(Nc1ccc(NS(=O)(=O)c2ccc(Br)cc2)cc1)[C@H]1CCCO1. The van der Waals surface area contributed by atoms with Crippen LogP contribution in [0.15, 0.2) is 57.9 Å². The predicted octanol–water partition coefficient (Wildman–Crippen LogP) is 3.37. The summed E-state index contributed by atoms with van der Waals surface area (Å²) >= 11 is 3.27. The summed E-state index contributed by atoms with van der Waals surface area (Å²) in [5.41, 5.74) is 1.00. The number of rotatable bonds is 5. The molecular weight excluding hydrogens is 408 g/mol. The maximum absolute atomic E-state index is 12.3. The lowest BCUT2D eigenvalue weighted by molar-refractivity contribution is -0.124. The maximum Gasteiger partial charge on any atom is 0.261 e. The van der Waals surface area contributed by atoms with Gasteiger partial charge in [-0.15, -0.1) is 0 Å². The van der Waals surface area contributed by atoms with Crippen LogP contribution in [-0.2, 0) is 19.6 Å². The van der Waals surface area contributed by atoms with Crippen LogP contribution >= 0.6 is 15.9 Å². The van der Waals surface area contributed by atoms with Gasteiger partial charge in [-0.2, -0.15) is 0 Å². The number of anilines is 2. The first-order chi connectivity index (χ1) is 11.9. The molecule has 0 spiro atoms. The second-order valence-electron chi connectivity index (χ2n) is 5.63. The van der Waals surface area contributed by atoms with Crippen molar-refractivity contribution in [3.63, 3.8) is 0 Å². The molecule has 8 heteroatoms. The highest BCUT2D eigenvalue weighted by atomic mass is 79.9. The van der Waals surface area contributed by atoms with Crippen molar-refractivity contribution >= 4 is 43.2 Å². The average Bonchev–Trinajstić information content (AvgIpc) is 3.11. The number of carbonyl (C=O) groups excluding carboxylic acids is 1. The van der Waals surface area contributed by atoms with Crippen molar-refractivity contribution in [2.24, 2.45) is 0 Å². The largest absolute Gasteiger partial charge is 0.368 e. The van der Waals surface area contributed by atoms with Gasteiger partial charge in [-0.3, -0.25) is 9.52 Å². The third kappa shape index (κ3) is 4.59. The quantitative estimate of drug-likeness (QED) is 0.770. The molecule has 1 atom stereocenters. The smallest absolute Gasteiger partial charge is 0.261 e. The molecule has 1 fully saturated rings. The molecule has 2 aromatic carbocycles. The lowest BCUT2D eigenvalue weighted by Crippen LogP contribution is -2.26. The average molecular weight is 425 g/mol. The molecule has 25 heavy (non-hydrogen) atoms. The zero-order valence-corrected chi connectivity index (χ0v) is 15.6.